The third kappa shape index (κ3) is 6.15. The van der Waals surface area contributed by atoms with Gasteiger partial charge in [0.05, 0.1) is 6.61 Å². The van der Waals surface area contributed by atoms with Gasteiger partial charge in [0.15, 0.2) is 23.2 Å². The Morgan fingerprint density at radius 2 is 1.71 bits per heavy atom. The summed E-state index contributed by atoms with van der Waals surface area (Å²) < 4.78 is 48.3. The van der Waals surface area contributed by atoms with Gasteiger partial charge in [0.1, 0.15) is 0 Å². The van der Waals surface area contributed by atoms with Crippen LogP contribution < -0.4 is 4.74 Å². The molecule has 2 aromatic rings. The molecule has 0 unspecified atom stereocenters. The Bertz CT molecular complexity index is 882. The largest absolute Gasteiger partial charge is 0.491 e. The average Bonchev–Trinajstić information content (AvgIpc) is 2.78. The number of aryl methyl sites for hydroxylation is 1. The zero-order valence-corrected chi connectivity index (χ0v) is 18.6. The van der Waals surface area contributed by atoms with Gasteiger partial charge in [0.2, 0.25) is 0 Å². The molecule has 0 amide bonds. The standard InChI is InChI=1S/C27H33F3O/c1-3-5-6-7-21-14-15-22(27(30)26(21)29)13-10-19-8-11-20(12-9-19)23-16-17-25(31-4-2)24(28)18-23/h10,13-20H,3-9,11-12H2,1-2H3. The van der Waals surface area contributed by atoms with Crippen LogP contribution in [-0.2, 0) is 6.42 Å². The van der Waals surface area contributed by atoms with Crippen molar-refractivity contribution in [2.24, 2.45) is 5.92 Å². The van der Waals surface area contributed by atoms with Gasteiger partial charge in [-0.2, -0.15) is 0 Å². The molecular formula is C27H33F3O. The Morgan fingerprint density at radius 1 is 0.935 bits per heavy atom. The number of hydrogen-bond donors (Lipinski definition) is 0. The van der Waals surface area contributed by atoms with E-state index in [9.17, 15) is 13.2 Å². The molecule has 0 bridgehead atoms. The molecule has 0 aromatic heterocycles. The van der Waals surface area contributed by atoms with E-state index in [2.05, 4.69) is 6.92 Å². The van der Waals surface area contributed by atoms with Crippen molar-refractivity contribution in [2.45, 2.75) is 71.1 Å². The number of benzene rings is 2. The number of rotatable bonds is 9. The number of ether oxygens (including phenoxy) is 1. The van der Waals surface area contributed by atoms with Gasteiger partial charge in [0.25, 0.3) is 0 Å². The van der Waals surface area contributed by atoms with Gasteiger partial charge < -0.3 is 4.74 Å². The molecule has 31 heavy (non-hydrogen) atoms. The summed E-state index contributed by atoms with van der Waals surface area (Å²) in [4.78, 5) is 0. The number of hydrogen-bond acceptors (Lipinski definition) is 1. The van der Waals surface area contributed by atoms with Crippen molar-refractivity contribution in [3.63, 3.8) is 0 Å². The number of halogens is 3. The van der Waals surface area contributed by atoms with Gasteiger partial charge in [-0.25, -0.2) is 13.2 Å². The van der Waals surface area contributed by atoms with E-state index in [1.165, 1.54) is 0 Å². The highest BCUT2D eigenvalue weighted by Gasteiger charge is 2.22. The van der Waals surface area contributed by atoms with Crippen molar-refractivity contribution in [1.29, 1.82) is 0 Å². The van der Waals surface area contributed by atoms with E-state index in [4.69, 9.17) is 4.74 Å². The van der Waals surface area contributed by atoms with Crippen LogP contribution in [0.25, 0.3) is 6.08 Å². The van der Waals surface area contributed by atoms with Gasteiger partial charge in [-0.3, -0.25) is 0 Å². The molecule has 1 nitrogen and oxygen atoms in total. The van der Waals surface area contributed by atoms with Crippen molar-refractivity contribution in [3.8, 4) is 5.75 Å². The zero-order chi connectivity index (χ0) is 22.2. The molecular weight excluding hydrogens is 397 g/mol. The summed E-state index contributed by atoms with van der Waals surface area (Å²) in [6.07, 6.45) is 11.1. The van der Waals surface area contributed by atoms with Crippen molar-refractivity contribution < 1.29 is 17.9 Å². The van der Waals surface area contributed by atoms with Gasteiger partial charge in [0, 0.05) is 5.56 Å². The van der Waals surface area contributed by atoms with Crippen LogP contribution in [-0.4, -0.2) is 6.61 Å². The summed E-state index contributed by atoms with van der Waals surface area (Å²) in [6, 6.07) is 8.65. The monoisotopic (exact) mass is 430 g/mol. The molecule has 0 aliphatic heterocycles. The molecule has 1 aliphatic rings. The Kier molecular flexibility index (Phi) is 8.62. The van der Waals surface area contributed by atoms with Crippen LogP contribution >= 0.6 is 0 Å². The Labute approximate surface area is 184 Å². The van der Waals surface area contributed by atoms with Gasteiger partial charge in [-0.15, -0.1) is 0 Å². The summed E-state index contributed by atoms with van der Waals surface area (Å²) in [7, 11) is 0. The van der Waals surface area contributed by atoms with Crippen molar-refractivity contribution in [2.75, 3.05) is 6.61 Å². The van der Waals surface area contributed by atoms with Crippen LogP contribution in [0.15, 0.2) is 36.4 Å². The van der Waals surface area contributed by atoms with Crippen LogP contribution in [0.4, 0.5) is 13.2 Å². The van der Waals surface area contributed by atoms with E-state index in [-0.39, 0.29) is 5.82 Å². The van der Waals surface area contributed by atoms with Crippen molar-refractivity contribution >= 4 is 6.08 Å². The second-order valence-corrected chi connectivity index (χ2v) is 8.49. The first-order chi connectivity index (χ1) is 15.0. The molecule has 0 radical (unpaired) electrons. The van der Waals surface area contributed by atoms with Crippen LogP contribution in [0, 0.1) is 23.4 Å². The third-order valence-corrected chi connectivity index (χ3v) is 6.29. The van der Waals surface area contributed by atoms with Crippen molar-refractivity contribution in [3.05, 3.63) is 70.5 Å². The normalized spacial score (nSPS) is 19.1. The Morgan fingerprint density at radius 3 is 2.39 bits per heavy atom. The molecule has 1 fully saturated rings. The fourth-order valence-corrected chi connectivity index (χ4v) is 4.42. The maximum Gasteiger partial charge on any atom is 0.166 e. The molecule has 168 valence electrons. The van der Waals surface area contributed by atoms with E-state index in [0.29, 0.717) is 41.7 Å². The molecule has 1 saturated carbocycles. The topological polar surface area (TPSA) is 9.23 Å². The molecule has 0 heterocycles. The van der Waals surface area contributed by atoms with Gasteiger partial charge in [-0.05, 0) is 80.5 Å². The third-order valence-electron chi connectivity index (χ3n) is 6.29. The first kappa shape index (κ1) is 23.4. The van der Waals surface area contributed by atoms with E-state index in [1.54, 1.807) is 30.3 Å². The van der Waals surface area contributed by atoms with Crippen LogP contribution in [0.2, 0.25) is 0 Å². The van der Waals surface area contributed by atoms with E-state index in [1.807, 2.05) is 19.1 Å². The summed E-state index contributed by atoms with van der Waals surface area (Å²) in [5, 5.41) is 0. The Balaban J connectivity index is 1.57. The highest BCUT2D eigenvalue weighted by molar-refractivity contribution is 5.51. The summed E-state index contributed by atoms with van der Waals surface area (Å²) >= 11 is 0. The molecule has 3 rings (SSSR count). The minimum Gasteiger partial charge on any atom is -0.491 e. The molecule has 1 aliphatic carbocycles. The molecule has 0 N–H and O–H groups in total. The highest BCUT2D eigenvalue weighted by atomic mass is 19.2. The molecule has 2 aromatic carbocycles. The van der Waals surface area contributed by atoms with Crippen molar-refractivity contribution in [1.82, 2.24) is 0 Å². The summed E-state index contributed by atoms with van der Waals surface area (Å²) in [5.41, 5.74) is 1.79. The predicted octanol–water partition coefficient (Wildman–Crippen LogP) is 8.22. The lowest BCUT2D eigenvalue weighted by molar-refractivity contribution is 0.320. The van der Waals surface area contributed by atoms with Crippen LogP contribution in [0.5, 0.6) is 5.75 Å². The minimum atomic E-state index is -0.746. The quantitative estimate of drug-likeness (QED) is 0.364. The van der Waals surface area contributed by atoms with Gasteiger partial charge in [-0.1, -0.05) is 50.1 Å². The number of unbranched alkanes of at least 4 members (excludes halogenated alkanes) is 2. The lowest BCUT2D eigenvalue weighted by Crippen LogP contribution is -2.12. The summed E-state index contributed by atoms with van der Waals surface area (Å²) in [6.45, 7) is 4.37. The molecule has 4 heteroatoms. The summed E-state index contributed by atoms with van der Waals surface area (Å²) in [5.74, 6) is -0.810. The maximum atomic E-state index is 14.5. The SMILES string of the molecule is CCCCCc1ccc(C=CC2CCC(c3ccc(OCC)c(F)c3)CC2)c(F)c1F. The highest BCUT2D eigenvalue weighted by Crippen LogP contribution is 2.37. The second-order valence-electron chi connectivity index (χ2n) is 8.49. The minimum absolute atomic E-state index is 0.300. The van der Waals surface area contributed by atoms with E-state index >= 15 is 0 Å². The smallest absolute Gasteiger partial charge is 0.166 e. The van der Waals surface area contributed by atoms with Crippen LogP contribution in [0.1, 0.15) is 81.4 Å². The Hall–Kier alpha value is -2.23. The van der Waals surface area contributed by atoms with E-state index in [0.717, 1.165) is 50.5 Å². The molecule has 0 spiro atoms. The lowest BCUT2D eigenvalue weighted by Gasteiger charge is -2.27. The fourth-order valence-electron chi connectivity index (χ4n) is 4.42. The van der Waals surface area contributed by atoms with Gasteiger partial charge >= 0.3 is 0 Å². The predicted molar refractivity (Wildman–Crippen MR) is 121 cm³/mol. The van der Waals surface area contributed by atoms with Crippen LogP contribution in [0.3, 0.4) is 0 Å². The molecule has 0 atom stereocenters. The first-order valence-electron chi connectivity index (χ1n) is 11.6. The lowest BCUT2D eigenvalue weighted by atomic mass is 9.78. The maximum absolute atomic E-state index is 14.5. The second kappa shape index (κ2) is 11.4. The zero-order valence-electron chi connectivity index (χ0n) is 18.6. The fraction of sp³-hybridized carbons (Fsp3) is 0.481. The average molecular weight is 431 g/mol. The van der Waals surface area contributed by atoms with E-state index < -0.39 is 11.6 Å². The molecule has 0 saturated heterocycles. The number of allylic oxidation sites excluding steroid dienone is 1. The first-order valence-corrected chi connectivity index (χ1v) is 11.6.